The van der Waals surface area contributed by atoms with Crippen LogP contribution in [0.3, 0.4) is 0 Å². The lowest BCUT2D eigenvalue weighted by Gasteiger charge is -2.47. The number of Topliss-reactive ketones (excluding diaryl/α,β-unsaturated/α-hetero) is 1. The number of ketones is 1. The van der Waals surface area contributed by atoms with E-state index < -0.39 is 69.3 Å². The molecule has 1 N–H and O–H groups in total. The number of hydrogen-bond donors (Lipinski definition) is 1. The SMILES string of the molecule is CCOP(=O)(OCC)C(CO)(C[C@H]1O[C@@H](N(/C=C(/C)C(C)=O)C(C)=O)[C@H](OCCOC)[C@@H]1OC(=O)c1ccccc1)O[Si](C)(C)C(C)(C)C. The molecule has 15 heteroatoms. The Balaban J connectivity index is 2.88. The third-order valence-corrected chi connectivity index (χ3v) is 16.1. The Hall–Kier alpha value is -2.26. The molecule has 0 aromatic heterocycles. The summed E-state index contributed by atoms with van der Waals surface area (Å²) in [6.07, 6.45) is -3.78. The molecule has 0 radical (unpaired) electrons. The summed E-state index contributed by atoms with van der Waals surface area (Å²) in [5.74, 6) is -1.47. The molecule has 13 nitrogen and oxygen atoms in total. The van der Waals surface area contributed by atoms with E-state index >= 15 is 0 Å². The molecule has 0 aliphatic carbocycles. The molecule has 1 fully saturated rings. The van der Waals surface area contributed by atoms with Crippen LogP contribution in [0.15, 0.2) is 42.1 Å². The largest absolute Gasteiger partial charge is 0.453 e. The molecular formula is C34H56NO12PSi. The van der Waals surface area contributed by atoms with Crippen molar-refractivity contribution >= 4 is 33.6 Å². The normalized spacial score (nSPS) is 21.7. The van der Waals surface area contributed by atoms with Crippen molar-refractivity contribution in [2.75, 3.05) is 40.1 Å². The van der Waals surface area contributed by atoms with Gasteiger partial charge in [-0.15, -0.1) is 0 Å². The van der Waals surface area contributed by atoms with Crippen LogP contribution in [0.25, 0.3) is 0 Å². The Kier molecular flexibility index (Phi) is 16.0. The summed E-state index contributed by atoms with van der Waals surface area (Å²) in [5.41, 5.74) is 0.509. The molecule has 49 heavy (non-hydrogen) atoms. The van der Waals surface area contributed by atoms with E-state index in [9.17, 15) is 24.1 Å². The number of allylic oxidation sites excluding steroid dienone is 1. The van der Waals surface area contributed by atoms with Gasteiger partial charge in [0.1, 0.15) is 12.2 Å². The fraction of sp³-hybridized carbons (Fsp3) is 0.676. The molecule has 1 aromatic rings. The van der Waals surface area contributed by atoms with Gasteiger partial charge in [-0.25, -0.2) is 4.79 Å². The highest BCUT2D eigenvalue weighted by molar-refractivity contribution is 7.55. The van der Waals surface area contributed by atoms with Gasteiger partial charge in [-0.3, -0.25) is 19.1 Å². The first-order valence-corrected chi connectivity index (χ1v) is 21.0. The van der Waals surface area contributed by atoms with E-state index in [1.165, 1.54) is 32.1 Å². The van der Waals surface area contributed by atoms with Crippen molar-refractivity contribution in [3.05, 3.63) is 47.7 Å². The Morgan fingerprint density at radius 2 is 1.59 bits per heavy atom. The lowest BCUT2D eigenvalue weighted by atomic mass is 10.0. The first-order valence-electron chi connectivity index (χ1n) is 16.5. The molecule has 278 valence electrons. The average molecular weight is 730 g/mol. The molecule has 2 rings (SSSR count). The first kappa shape index (κ1) is 42.9. The van der Waals surface area contributed by atoms with Gasteiger partial charge in [-0.05, 0) is 58.0 Å². The minimum atomic E-state index is -4.30. The number of methoxy groups -OCH3 is 1. The van der Waals surface area contributed by atoms with Crippen LogP contribution in [-0.2, 0) is 46.6 Å². The molecule has 1 aliphatic rings. The maximum atomic E-state index is 14.8. The van der Waals surface area contributed by atoms with E-state index in [2.05, 4.69) is 0 Å². The number of benzene rings is 1. The van der Waals surface area contributed by atoms with Crippen molar-refractivity contribution in [3.63, 3.8) is 0 Å². The number of hydrogen-bond acceptors (Lipinski definition) is 12. The van der Waals surface area contributed by atoms with Crippen LogP contribution >= 0.6 is 7.60 Å². The summed E-state index contributed by atoms with van der Waals surface area (Å²) in [6.45, 7) is 16.7. The van der Waals surface area contributed by atoms with E-state index in [0.717, 1.165) is 0 Å². The van der Waals surface area contributed by atoms with E-state index in [4.69, 9.17) is 32.4 Å². The predicted molar refractivity (Wildman–Crippen MR) is 186 cm³/mol. The summed E-state index contributed by atoms with van der Waals surface area (Å²) >= 11 is 0. The minimum absolute atomic E-state index is 0.0174. The van der Waals surface area contributed by atoms with Gasteiger partial charge in [0, 0.05) is 32.2 Å². The van der Waals surface area contributed by atoms with E-state index in [0.29, 0.717) is 0 Å². The minimum Gasteiger partial charge on any atom is -0.453 e. The van der Waals surface area contributed by atoms with Gasteiger partial charge in [0.25, 0.3) is 0 Å². The summed E-state index contributed by atoms with van der Waals surface area (Å²) in [6, 6.07) is 8.30. The van der Waals surface area contributed by atoms with Gasteiger partial charge in [0.05, 0.1) is 38.6 Å². The molecule has 1 heterocycles. The second-order valence-electron chi connectivity index (χ2n) is 13.4. The average Bonchev–Trinajstić information content (AvgIpc) is 3.34. The van der Waals surface area contributed by atoms with Gasteiger partial charge in [-0.2, -0.15) is 0 Å². The molecule has 1 saturated heterocycles. The zero-order chi connectivity index (χ0) is 37.2. The van der Waals surface area contributed by atoms with Crippen molar-refractivity contribution in [2.24, 2.45) is 0 Å². The number of amides is 1. The topological polar surface area (TPSA) is 156 Å². The number of aliphatic hydroxyl groups excluding tert-OH is 1. The number of aliphatic hydroxyl groups is 1. The predicted octanol–water partition coefficient (Wildman–Crippen LogP) is 5.68. The standard InChI is InChI=1S/C34H56NO12PSi/c1-12-43-48(40,44-13-2)34(23-36,47-49(10,11)33(6,7)8)21-28-29(46-32(39)27-17-15-14-16-18-27)30(42-20-19-41-9)31(45-28)35(26(5)38)22-24(3)25(4)37/h14-18,22,28-31,36H,12-13,19-21,23H2,1-11H3/b24-22-/t28-,29-,30-,31-,34?/m1/s1. The van der Waals surface area contributed by atoms with Gasteiger partial charge < -0.3 is 37.5 Å². The number of esters is 1. The first-order chi connectivity index (χ1) is 22.8. The maximum Gasteiger partial charge on any atom is 0.363 e. The molecule has 1 aromatic carbocycles. The van der Waals surface area contributed by atoms with Crippen molar-refractivity contribution < 1.29 is 56.5 Å². The number of carbonyl (C=O) groups excluding carboxylic acids is 3. The van der Waals surface area contributed by atoms with E-state index in [-0.39, 0.29) is 49.8 Å². The Morgan fingerprint density at radius 1 is 1.00 bits per heavy atom. The molecule has 1 unspecified atom stereocenters. The monoisotopic (exact) mass is 729 g/mol. The number of carbonyl (C=O) groups is 3. The molecule has 1 aliphatic heterocycles. The van der Waals surface area contributed by atoms with Crippen molar-refractivity contribution in [1.29, 1.82) is 0 Å². The number of ether oxygens (including phenoxy) is 4. The Labute approximate surface area is 292 Å². The smallest absolute Gasteiger partial charge is 0.363 e. The Morgan fingerprint density at radius 3 is 2.06 bits per heavy atom. The molecular weight excluding hydrogens is 673 g/mol. The second kappa shape index (κ2) is 18.3. The van der Waals surface area contributed by atoms with Crippen LogP contribution in [0.4, 0.5) is 0 Å². The number of nitrogens with zero attached hydrogens (tertiary/aromatic N) is 1. The summed E-state index contributed by atoms with van der Waals surface area (Å²) < 4.78 is 57.4. The van der Waals surface area contributed by atoms with Gasteiger partial charge in [-0.1, -0.05) is 39.0 Å². The van der Waals surface area contributed by atoms with Gasteiger partial charge in [0.15, 0.2) is 31.8 Å². The molecule has 0 bridgehead atoms. The molecule has 1 amide bonds. The highest BCUT2D eigenvalue weighted by Crippen LogP contribution is 2.64. The fourth-order valence-corrected chi connectivity index (χ4v) is 9.38. The maximum absolute atomic E-state index is 14.8. The Bertz CT molecular complexity index is 1320. The highest BCUT2D eigenvalue weighted by Gasteiger charge is 2.61. The van der Waals surface area contributed by atoms with Gasteiger partial charge in [0.2, 0.25) is 5.91 Å². The third-order valence-electron chi connectivity index (χ3n) is 8.78. The quantitative estimate of drug-likeness (QED) is 0.0613. The van der Waals surface area contributed by atoms with Crippen molar-refractivity contribution in [3.8, 4) is 0 Å². The highest BCUT2D eigenvalue weighted by atomic mass is 31.2. The van der Waals surface area contributed by atoms with Crippen LogP contribution in [-0.4, -0.2) is 106 Å². The summed E-state index contributed by atoms with van der Waals surface area (Å²) in [5, 5.41) is 8.84. The molecule has 0 saturated carbocycles. The fourth-order valence-electron chi connectivity index (χ4n) is 5.04. The lowest BCUT2D eigenvalue weighted by Crippen LogP contribution is -2.54. The number of rotatable bonds is 19. The van der Waals surface area contributed by atoms with Gasteiger partial charge >= 0.3 is 13.6 Å². The molecule has 0 spiro atoms. The van der Waals surface area contributed by atoms with Crippen LogP contribution in [0.2, 0.25) is 18.1 Å². The van der Waals surface area contributed by atoms with Crippen molar-refractivity contribution in [2.45, 2.75) is 110 Å². The molecule has 5 atom stereocenters. The second-order valence-corrected chi connectivity index (χ2v) is 20.5. The van der Waals surface area contributed by atoms with E-state index in [1.54, 1.807) is 51.1 Å². The van der Waals surface area contributed by atoms with E-state index in [1.807, 2.05) is 33.9 Å². The van der Waals surface area contributed by atoms with Crippen LogP contribution in [0, 0.1) is 0 Å². The zero-order valence-corrected chi connectivity index (χ0v) is 32.7. The third kappa shape index (κ3) is 10.6. The summed E-state index contributed by atoms with van der Waals surface area (Å²) in [4.78, 5) is 40.2. The van der Waals surface area contributed by atoms with Crippen LogP contribution in [0.1, 0.15) is 72.2 Å². The lowest BCUT2D eigenvalue weighted by molar-refractivity contribution is -0.148. The van der Waals surface area contributed by atoms with Crippen LogP contribution in [0.5, 0.6) is 0 Å². The van der Waals surface area contributed by atoms with Crippen molar-refractivity contribution in [1.82, 2.24) is 4.90 Å². The van der Waals surface area contributed by atoms with Crippen LogP contribution < -0.4 is 0 Å². The summed E-state index contributed by atoms with van der Waals surface area (Å²) in [7, 11) is -5.66. The zero-order valence-electron chi connectivity index (χ0n) is 30.8.